The van der Waals surface area contributed by atoms with Gasteiger partial charge in [-0.05, 0) is 31.4 Å². The van der Waals surface area contributed by atoms with Gasteiger partial charge in [0.25, 0.3) is 0 Å². The first kappa shape index (κ1) is 19.9. The highest BCUT2D eigenvalue weighted by Gasteiger charge is 2.39. The number of nitrogens with one attached hydrogen (secondary N) is 1. The third-order valence-corrected chi connectivity index (χ3v) is 7.34. The van der Waals surface area contributed by atoms with E-state index in [2.05, 4.69) is 15.2 Å². The number of nitrogens with zero attached hydrogens (tertiary/aromatic N) is 3. The first-order valence-corrected chi connectivity index (χ1v) is 11.1. The molecule has 8 nitrogen and oxygen atoms in total. The molecule has 2 aliphatic heterocycles. The number of aryl methyl sites for hydroxylation is 1. The lowest BCUT2D eigenvalue weighted by Gasteiger charge is -2.38. The Labute approximate surface area is 160 Å². The average molecular weight is 397 g/mol. The van der Waals surface area contributed by atoms with E-state index < -0.39 is 15.4 Å². The predicted octanol–water partition coefficient (Wildman–Crippen LogP) is 0.815. The number of piperazine rings is 1. The monoisotopic (exact) mass is 396 g/mol. The van der Waals surface area contributed by atoms with Crippen molar-refractivity contribution >= 4 is 21.6 Å². The number of sulfone groups is 1. The number of carbonyl (C=O) groups excluding carboxylic acids is 1. The number of methoxy groups -OCH3 is 1. The van der Waals surface area contributed by atoms with Gasteiger partial charge in [0, 0.05) is 57.9 Å². The Bertz CT molecular complexity index is 777. The molecule has 2 fully saturated rings. The fourth-order valence-corrected chi connectivity index (χ4v) is 5.75. The Balaban J connectivity index is 1.53. The highest BCUT2D eigenvalue weighted by molar-refractivity contribution is 7.91. The molecule has 2 saturated heterocycles. The number of carbonyl (C=O) groups is 1. The zero-order valence-corrected chi connectivity index (χ0v) is 16.8. The van der Waals surface area contributed by atoms with E-state index in [0.717, 1.165) is 24.3 Å². The molecule has 150 valence electrons. The van der Waals surface area contributed by atoms with Crippen LogP contribution in [0.5, 0.6) is 0 Å². The fraction of sp³-hybridized carbons (Fsp3) is 0.667. The molecule has 9 heteroatoms. The molecule has 3 rings (SSSR count). The molecule has 1 aromatic heterocycles. The maximum absolute atomic E-state index is 12.6. The summed E-state index contributed by atoms with van der Waals surface area (Å²) in [6, 6.07) is 1.83. The Hall–Kier alpha value is -1.87. The summed E-state index contributed by atoms with van der Waals surface area (Å²) in [5.74, 6) is 0.161. The molecule has 3 heterocycles. The van der Waals surface area contributed by atoms with Crippen molar-refractivity contribution in [2.24, 2.45) is 0 Å². The fourth-order valence-electron chi connectivity index (χ4n) is 3.85. The summed E-state index contributed by atoms with van der Waals surface area (Å²) in [5, 5.41) is 2.89. The van der Waals surface area contributed by atoms with Crippen LogP contribution in [0.15, 0.2) is 18.5 Å². The molecular weight excluding hydrogens is 368 g/mol. The molecule has 0 radical (unpaired) electrons. The second-order valence-corrected chi connectivity index (χ2v) is 9.56. The van der Waals surface area contributed by atoms with Crippen molar-refractivity contribution < 1.29 is 17.9 Å². The van der Waals surface area contributed by atoms with Crippen LogP contribution in [-0.2, 0) is 14.6 Å². The van der Waals surface area contributed by atoms with E-state index in [9.17, 15) is 13.2 Å². The van der Waals surface area contributed by atoms with Crippen LogP contribution in [0.4, 0.5) is 10.5 Å². The van der Waals surface area contributed by atoms with E-state index in [4.69, 9.17) is 4.74 Å². The zero-order valence-electron chi connectivity index (χ0n) is 16.0. The van der Waals surface area contributed by atoms with Gasteiger partial charge in [-0.2, -0.15) is 0 Å². The summed E-state index contributed by atoms with van der Waals surface area (Å²) < 4.78 is 29.4. The van der Waals surface area contributed by atoms with Crippen molar-refractivity contribution in [3.05, 3.63) is 24.0 Å². The number of pyridine rings is 1. The van der Waals surface area contributed by atoms with E-state index in [1.807, 2.05) is 19.2 Å². The predicted molar refractivity (Wildman–Crippen MR) is 104 cm³/mol. The molecule has 2 aliphatic rings. The van der Waals surface area contributed by atoms with Crippen molar-refractivity contribution in [3.8, 4) is 0 Å². The SMILES string of the molecule is COC1(CNC(=O)N2CCN(c3ccncc3C)CC2)CCCS(=O)(=O)C1. The molecule has 2 amide bonds. The molecule has 1 unspecified atom stereocenters. The van der Waals surface area contributed by atoms with Crippen LogP contribution in [0, 0.1) is 6.92 Å². The molecule has 1 atom stereocenters. The lowest BCUT2D eigenvalue weighted by atomic mass is 9.99. The van der Waals surface area contributed by atoms with Crippen LogP contribution >= 0.6 is 0 Å². The molecule has 0 saturated carbocycles. The lowest BCUT2D eigenvalue weighted by Crippen LogP contribution is -2.56. The summed E-state index contributed by atoms with van der Waals surface area (Å²) in [7, 11) is -1.60. The van der Waals surface area contributed by atoms with Gasteiger partial charge in [-0.15, -0.1) is 0 Å². The van der Waals surface area contributed by atoms with Gasteiger partial charge in [-0.3, -0.25) is 4.98 Å². The molecule has 0 bridgehead atoms. The van der Waals surface area contributed by atoms with E-state index in [1.54, 1.807) is 11.1 Å². The van der Waals surface area contributed by atoms with Crippen LogP contribution in [0.25, 0.3) is 0 Å². The third kappa shape index (κ3) is 4.70. The van der Waals surface area contributed by atoms with Gasteiger partial charge < -0.3 is 19.9 Å². The van der Waals surface area contributed by atoms with Crippen molar-refractivity contribution in [2.75, 3.05) is 56.2 Å². The number of aromatic nitrogens is 1. The van der Waals surface area contributed by atoms with Crippen molar-refractivity contribution in [2.45, 2.75) is 25.4 Å². The number of urea groups is 1. The number of anilines is 1. The highest BCUT2D eigenvalue weighted by atomic mass is 32.2. The van der Waals surface area contributed by atoms with Gasteiger partial charge in [-0.25, -0.2) is 13.2 Å². The minimum Gasteiger partial charge on any atom is -0.375 e. The number of hydrogen-bond acceptors (Lipinski definition) is 6. The number of ether oxygens (including phenoxy) is 1. The topological polar surface area (TPSA) is 91.8 Å². The Morgan fingerprint density at radius 3 is 2.70 bits per heavy atom. The third-order valence-electron chi connectivity index (χ3n) is 5.46. The van der Waals surface area contributed by atoms with E-state index in [1.165, 1.54) is 7.11 Å². The minimum absolute atomic E-state index is 0.0358. The molecule has 1 aromatic rings. The second-order valence-electron chi connectivity index (χ2n) is 7.38. The smallest absolute Gasteiger partial charge is 0.317 e. The molecule has 0 aromatic carbocycles. The second kappa shape index (κ2) is 8.02. The quantitative estimate of drug-likeness (QED) is 0.810. The van der Waals surface area contributed by atoms with Gasteiger partial charge in [-0.1, -0.05) is 0 Å². The largest absolute Gasteiger partial charge is 0.375 e. The maximum atomic E-state index is 12.6. The van der Waals surface area contributed by atoms with Crippen LogP contribution in [-0.4, -0.2) is 81.3 Å². The number of rotatable bonds is 4. The average Bonchev–Trinajstić information content (AvgIpc) is 2.66. The lowest BCUT2D eigenvalue weighted by molar-refractivity contribution is 0.000569. The van der Waals surface area contributed by atoms with Crippen LogP contribution in [0.2, 0.25) is 0 Å². The van der Waals surface area contributed by atoms with Crippen molar-refractivity contribution in [3.63, 3.8) is 0 Å². The number of hydrogen-bond donors (Lipinski definition) is 1. The maximum Gasteiger partial charge on any atom is 0.317 e. The van der Waals surface area contributed by atoms with Crippen LogP contribution in [0.1, 0.15) is 18.4 Å². The molecular formula is C18H28N4O4S. The first-order valence-electron chi connectivity index (χ1n) is 9.28. The van der Waals surface area contributed by atoms with Crippen molar-refractivity contribution in [1.29, 1.82) is 0 Å². The van der Waals surface area contributed by atoms with Gasteiger partial charge in [0.15, 0.2) is 9.84 Å². The molecule has 1 N–H and O–H groups in total. The summed E-state index contributed by atoms with van der Waals surface area (Å²) >= 11 is 0. The van der Waals surface area contributed by atoms with Crippen molar-refractivity contribution in [1.82, 2.24) is 15.2 Å². The summed E-state index contributed by atoms with van der Waals surface area (Å²) in [6.07, 6.45) is 4.83. The molecule has 0 spiro atoms. The Morgan fingerprint density at radius 2 is 2.07 bits per heavy atom. The van der Waals surface area contributed by atoms with Gasteiger partial charge in [0.1, 0.15) is 0 Å². The van der Waals surface area contributed by atoms with Gasteiger partial charge in [0.2, 0.25) is 0 Å². The van der Waals surface area contributed by atoms with Gasteiger partial charge in [0.05, 0.1) is 17.1 Å². The van der Waals surface area contributed by atoms with Crippen LogP contribution < -0.4 is 10.2 Å². The minimum atomic E-state index is -3.12. The normalized spacial score (nSPS) is 25.3. The summed E-state index contributed by atoms with van der Waals surface area (Å²) in [4.78, 5) is 20.7. The summed E-state index contributed by atoms with van der Waals surface area (Å²) in [5.41, 5.74) is 1.45. The highest BCUT2D eigenvalue weighted by Crippen LogP contribution is 2.26. The van der Waals surface area contributed by atoms with Gasteiger partial charge >= 0.3 is 6.03 Å². The van der Waals surface area contributed by atoms with E-state index in [0.29, 0.717) is 25.9 Å². The van der Waals surface area contributed by atoms with Crippen LogP contribution in [0.3, 0.4) is 0 Å². The Morgan fingerprint density at radius 1 is 1.33 bits per heavy atom. The Kier molecular flexibility index (Phi) is 5.90. The zero-order chi connectivity index (χ0) is 19.5. The standard InChI is InChI=1S/C18H28N4O4S/c1-15-12-19-6-4-16(15)21-7-9-22(10-8-21)17(23)20-13-18(26-2)5-3-11-27(24,25)14-18/h4,6,12H,3,5,7-11,13-14H2,1-2H3,(H,20,23). The number of amides is 2. The summed E-state index contributed by atoms with van der Waals surface area (Å²) in [6.45, 7) is 4.98. The molecule has 0 aliphatic carbocycles. The molecule has 27 heavy (non-hydrogen) atoms. The first-order chi connectivity index (χ1) is 12.8. The van der Waals surface area contributed by atoms with E-state index in [-0.39, 0.29) is 24.1 Å². The van der Waals surface area contributed by atoms with E-state index >= 15 is 0 Å².